The minimum absolute atomic E-state index is 1.09. The van der Waals surface area contributed by atoms with E-state index in [9.17, 15) is 0 Å². The maximum absolute atomic E-state index is 2.40. The topological polar surface area (TPSA) is 6.48 Å². The summed E-state index contributed by atoms with van der Waals surface area (Å²) < 4.78 is 0. The van der Waals surface area contributed by atoms with Crippen molar-refractivity contribution in [3.8, 4) is 22.3 Å². The Kier molecular flexibility index (Phi) is 7.96. The first-order valence-corrected chi connectivity index (χ1v) is 16.4. The molecular weight excluding hydrogens is 581 g/mol. The molecule has 0 radical (unpaired) electrons. The number of para-hydroxylation sites is 3. The Bertz CT molecular complexity index is 2230. The quantitative estimate of drug-likeness (QED) is 0.168. The maximum Gasteiger partial charge on any atom is 0.0561 e. The van der Waals surface area contributed by atoms with E-state index in [4.69, 9.17) is 0 Å². The summed E-state index contributed by atoms with van der Waals surface area (Å²) in [6, 6.07) is 73.6. The molecule has 0 amide bonds. The highest BCUT2D eigenvalue weighted by Crippen LogP contribution is 2.49. The Balaban J connectivity index is 1.48. The molecule has 0 bridgehead atoms. The van der Waals surface area contributed by atoms with Crippen LogP contribution < -0.4 is 9.80 Å². The van der Waals surface area contributed by atoms with Gasteiger partial charge in [0.05, 0.1) is 11.4 Å². The maximum atomic E-state index is 2.40. The molecule has 8 rings (SSSR count). The van der Waals surface area contributed by atoms with E-state index < -0.39 is 0 Å². The minimum atomic E-state index is 1.09. The van der Waals surface area contributed by atoms with Crippen molar-refractivity contribution in [1.29, 1.82) is 0 Å². The van der Waals surface area contributed by atoms with E-state index in [1.807, 2.05) is 0 Å². The Morgan fingerprint density at radius 1 is 0.250 bits per heavy atom. The first kappa shape index (κ1) is 29.1. The molecule has 0 N–H and O–H groups in total. The lowest BCUT2D eigenvalue weighted by Gasteiger charge is -2.33. The van der Waals surface area contributed by atoms with E-state index in [0.717, 1.165) is 56.4 Å². The van der Waals surface area contributed by atoms with Gasteiger partial charge in [0.1, 0.15) is 0 Å². The Morgan fingerprint density at radius 3 is 1.08 bits per heavy atom. The normalized spacial score (nSPS) is 10.9. The molecule has 0 aliphatic carbocycles. The van der Waals surface area contributed by atoms with Gasteiger partial charge in [-0.05, 0) is 82.6 Å². The van der Waals surface area contributed by atoms with Crippen molar-refractivity contribution in [2.24, 2.45) is 0 Å². The van der Waals surface area contributed by atoms with Gasteiger partial charge >= 0.3 is 0 Å². The number of nitrogens with zero attached hydrogens (tertiary/aromatic N) is 2. The fourth-order valence-corrected chi connectivity index (χ4v) is 6.55. The van der Waals surface area contributed by atoms with Crippen LogP contribution in [0.3, 0.4) is 0 Å². The van der Waals surface area contributed by atoms with Crippen molar-refractivity contribution in [2.75, 3.05) is 9.80 Å². The van der Waals surface area contributed by atoms with Gasteiger partial charge < -0.3 is 9.80 Å². The van der Waals surface area contributed by atoms with E-state index in [1.165, 1.54) is 10.8 Å². The highest BCUT2D eigenvalue weighted by atomic mass is 15.2. The molecule has 0 aliphatic heterocycles. The van der Waals surface area contributed by atoms with E-state index in [2.05, 4.69) is 216 Å². The molecule has 0 aromatic heterocycles. The number of benzene rings is 8. The third kappa shape index (κ3) is 5.72. The molecule has 0 fully saturated rings. The van der Waals surface area contributed by atoms with Gasteiger partial charge in [-0.3, -0.25) is 0 Å². The SMILES string of the molecule is c1ccc(-c2cc(-c3ccccc3)c(N(c3ccccc3)c3ccc4ccccc4c3)cc2N(c2ccccc2)c2ccccc2)cc1. The molecule has 0 atom stereocenters. The zero-order valence-electron chi connectivity index (χ0n) is 26.5. The van der Waals surface area contributed by atoms with Crippen molar-refractivity contribution in [1.82, 2.24) is 0 Å². The molecule has 8 aromatic rings. The molecule has 2 heteroatoms. The fourth-order valence-electron chi connectivity index (χ4n) is 6.55. The third-order valence-corrected chi connectivity index (χ3v) is 8.80. The Labute approximate surface area is 282 Å². The smallest absolute Gasteiger partial charge is 0.0561 e. The zero-order valence-corrected chi connectivity index (χ0v) is 26.5. The van der Waals surface area contributed by atoms with Crippen LogP contribution in [0.25, 0.3) is 33.0 Å². The molecule has 0 spiro atoms. The lowest BCUT2D eigenvalue weighted by Crippen LogP contribution is -2.15. The lowest BCUT2D eigenvalue weighted by molar-refractivity contribution is 1.25. The highest BCUT2D eigenvalue weighted by Gasteiger charge is 2.24. The summed E-state index contributed by atoms with van der Waals surface area (Å²) in [5.74, 6) is 0. The number of hydrogen-bond donors (Lipinski definition) is 0. The molecular formula is C46H34N2. The molecule has 0 saturated carbocycles. The molecule has 0 heterocycles. The molecule has 0 saturated heterocycles. The Morgan fingerprint density at radius 2 is 0.625 bits per heavy atom. The summed E-state index contributed by atoms with van der Waals surface area (Å²) in [7, 11) is 0. The molecule has 0 unspecified atom stereocenters. The third-order valence-electron chi connectivity index (χ3n) is 8.80. The van der Waals surface area contributed by atoms with Crippen LogP contribution in [0.2, 0.25) is 0 Å². The molecule has 0 aliphatic rings. The molecule has 2 nitrogen and oxygen atoms in total. The van der Waals surface area contributed by atoms with Crippen LogP contribution >= 0.6 is 0 Å². The summed E-state index contributed by atoms with van der Waals surface area (Å²) in [6.45, 7) is 0. The van der Waals surface area contributed by atoms with Gasteiger partial charge in [-0.15, -0.1) is 0 Å². The van der Waals surface area contributed by atoms with E-state index in [0.29, 0.717) is 0 Å². The highest BCUT2D eigenvalue weighted by molar-refractivity contribution is 5.99. The van der Waals surface area contributed by atoms with Crippen LogP contribution in [0.4, 0.5) is 34.1 Å². The predicted molar refractivity (Wildman–Crippen MR) is 204 cm³/mol. The van der Waals surface area contributed by atoms with Crippen LogP contribution in [-0.4, -0.2) is 0 Å². The molecule has 8 aromatic carbocycles. The van der Waals surface area contributed by atoms with Gasteiger partial charge in [0.15, 0.2) is 0 Å². The van der Waals surface area contributed by atoms with E-state index in [-0.39, 0.29) is 0 Å². The van der Waals surface area contributed by atoms with Gasteiger partial charge in [-0.25, -0.2) is 0 Å². The number of hydrogen-bond acceptors (Lipinski definition) is 2. The van der Waals surface area contributed by atoms with Gasteiger partial charge in [0.25, 0.3) is 0 Å². The second kappa shape index (κ2) is 13.2. The van der Waals surface area contributed by atoms with Crippen molar-refractivity contribution >= 4 is 44.9 Å². The van der Waals surface area contributed by atoms with Crippen molar-refractivity contribution in [3.05, 3.63) is 206 Å². The minimum Gasteiger partial charge on any atom is -0.310 e. The second-order valence-electron chi connectivity index (χ2n) is 11.8. The standard InChI is InChI=1S/C46H34N2/c1-6-19-36(20-7-1)43-33-44(37-21-8-2-9-22-37)46(34-45(43)47(39-24-10-3-11-25-39)40-26-12-4-13-27-40)48(41-28-14-5-15-29-41)42-31-30-35-18-16-17-23-38(35)32-42/h1-34H. The van der Waals surface area contributed by atoms with E-state index >= 15 is 0 Å². The van der Waals surface area contributed by atoms with Crippen LogP contribution in [0.5, 0.6) is 0 Å². The lowest BCUT2D eigenvalue weighted by atomic mass is 9.93. The van der Waals surface area contributed by atoms with Crippen LogP contribution in [-0.2, 0) is 0 Å². The molecule has 228 valence electrons. The number of fused-ring (bicyclic) bond motifs is 1. The van der Waals surface area contributed by atoms with Gasteiger partial charge in [-0.2, -0.15) is 0 Å². The second-order valence-corrected chi connectivity index (χ2v) is 11.8. The van der Waals surface area contributed by atoms with Crippen molar-refractivity contribution < 1.29 is 0 Å². The number of anilines is 6. The zero-order chi connectivity index (χ0) is 32.1. The van der Waals surface area contributed by atoms with Crippen LogP contribution in [0, 0.1) is 0 Å². The Hall–Kier alpha value is -6.38. The van der Waals surface area contributed by atoms with Crippen LogP contribution in [0.1, 0.15) is 0 Å². The predicted octanol–water partition coefficient (Wildman–Crippen LogP) is 13.1. The van der Waals surface area contributed by atoms with Crippen molar-refractivity contribution in [3.63, 3.8) is 0 Å². The van der Waals surface area contributed by atoms with E-state index in [1.54, 1.807) is 0 Å². The fraction of sp³-hybridized carbons (Fsp3) is 0. The largest absolute Gasteiger partial charge is 0.310 e. The van der Waals surface area contributed by atoms with Gasteiger partial charge in [-0.1, -0.05) is 146 Å². The summed E-state index contributed by atoms with van der Waals surface area (Å²) in [4.78, 5) is 4.78. The molecule has 48 heavy (non-hydrogen) atoms. The summed E-state index contributed by atoms with van der Waals surface area (Å²) in [5.41, 5.74) is 11.2. The number of rotatable bonds is 8. The first-order chi connectivity index (χ1) is 23.8. The van der Waals surface area contributed by atoms with Crippen LogP contribution in [0.15, 0.2) is 206 Å². The monoisotopic (exact) mass is 614 g/mol. The summed E-state index contributed by atoms with van der Waals surface area (Å²) >= 11 is 0. The van der Waals surface area contributed by atoms with Gasteiger partial charge in [0, 0.05) is 33.9 Å². The van der Waals surface area contributed by atoms with Gasteiger partial charge in [0.2, 0.25) is 0 Å². The van der Waals surface area contributed by atoms with Crippen molar-refractivity contribution in [2.45, 2.75) is 0 Å². The summed E-state index contributed by atoms with van der Waals surface area (Å²) in [6.07, 6.45) is 0. The average Bonchev–Trinajstić information content (AvgIpc) is 3.17. The summed E-state index contributed by atoms with van der Waals surface area (Å²) in [5, 5.41) is 2.42. The average molecular weight is 615 g/mol. The first-order valence-electron chi connectivity index (χ1n) is 16.4.